The molecular weight excluding hydrogens is 254 g/mol. The molecule has 0 saturated carbocycles. The Morgan fingerprint density at radius 2 is 2.11 bits per heavy atom. The molecule has 0 aliphatic carbocycles. The minimum Gasteiger partial charge on any atom is -0.311 e. The average Bonchev–Trinajstić information content (AvgIpc) is 3.04. The minimum atomic E-state index is 1.02. The second kappa shape index (κ2) is 8.00. The van der Waals surface area contributed by atoms with Gasteiger partial charge in [0.05, 0.1) is 0 Å². The van der Waals surface area contributed by atoms with Gasteiger partial charge in [-0.2, -0.15) is 0 Å². The van der Waals surface area contributed by atoms with E-state index in [-0.39, 0.29) is 0 Å². The highest BCUT2D eigenvalue weighted by Gasteiger charge is 2.11. The van der Waals surface area contributed by atoms with Gasteiger partial charge in [0.15, 0.2) is 0 Å². The second-order valence-corrected chi connectivity index (χ2v) is 6.56. The van der Waals surface area contributed by atoms with E-state index in [1.807, 2.05) is 11.3 Å². The van der Waals surface area contributed by atoms with E-state index in [2.05, 4.69) is 40.5 Å². The molecule has 0 amide bonds. The van der Waals surface area contributed by atoms with Gasteiger partial charge < -0.3 is 15.1 Å². The Hall–Kier alpha value is -0.420. The van der Waals surface area contributed by atoms with Gasteiger partial charge in [-0.3, -0.25) is 0 Å². The molecule has 0 spiro atoms. The predicted molar refractivity (Wildman–Crippen MR) is 83.9 cm³/mol. The molecule has 2 rings (SSSR count). The number of aryl methyl sites for hydroxylation is 1. The van der Waals surface area contributed by atoms with E-state index >= 15 is 0 Å². The van der Waals surface area contributed by atoms with Crippen LogP contribution in [0.4, 0.5) is 0 Å². The summed E-state index contributed by atoms with van der Waals surface area (Å²) >= 11 is 1.85. The molecule has 1 fully saturated rings. The van der Waals surface area contributed by atoms with E-state index in [1.54, 1.807) is 0 Å². The molecule has 2 heterocycles. The predicted octanol–water partition coefficient (Wildman–Crippen LogP) is 2.17. The fourth-order valence-electron chi connectivity index (χ4n) is 2.49. The summed E-state index contributed by atoms with van der Waals surface area (Å²) in [4.78, 5) is 6.49. The highest BCUT2D eigenvalue weighted by Crippen LogP contribution is 2.14. The monoisotopic (exact) mass is 281 g/mol. The molecular formula is C15H27N3S. The van der Waals surface area contributed by atoms with Gasteiger partial charge in [-0.1, -0.05) is 0 Å². The van der Waals surface area contributed by atoms with Crippen molar-refractivity contribution in [3.63, 3.8) is 0 Å². The molecule has 0 radical (unpaired) electrons. The van der Waals surface area contributed by atoms with Crippen LogP contribution >= 0.6 is 11.3 Å². The number of nitrogens with one attached hydrogen (secondary N) is 1. The van der Waals surface area contributed by atoms with Crippen molar-refractivity contribution in [3.05, 3.63) is 21.9 Å². The number of hydrogen-bond acceptors (Lipinski definition) is 4. The Labute approximate surface area is 121 Å². The normalized spacial score (nSPS) is 16.6. The summed E-state index contributed by atoms with van der Waals surface area (Å²) < 4.78 is 0. The standard InChI is InChI=1S/C15H27N3S/c1-14-5-12-19-15(14)13-16-6-9-17(2)10-11-18-7-3-4-8-18/h5,12,16H,3-4,6-11,13H2,1-2H3. The first kappa shape index (κ1) is 15.0. The molecule has 1 saturated heterocycles. The van der Waals surface area contributed by atoms with E-state index in [4.69, 9.17) is 0 Å². The van der Waals surface area contributed by atoms with Crippen LogP contribution in [0.15, 0.2) is 11.4 Å². The summed E-state index contributed by atoms with van der Waals surface area (Å²) in [7, 11) is 2.23. The maximum Gasteiger partial charge on any atom is 0.0302 e. The van der Waals surface area contributed by atoms with Gasteiger partial charge in [0.1, 0.15) is 0 Å². The van der Waals surface area contributed by atoms with Gasteiger partial charge in [0.2, 0.25) is 0 Å². The van der Waals surface area contributed by atoms with Crippen LogP contribution < -0.4 is 5.32 Å². The van der Waals surface area contributed by atoms with Gasteiger partial charge in [0, 0.05) is 37.6 Å². The first-order chi connectivity index (χ1) is 9.25. The van der Waals surface area contributed by atoms with Crippen LogP contribution in [0.3, 0.4) is 0 Å². The maximum atomic E-state index is 3.54. The topological polar surface area (TPSA) is 18.5 Å². The Morgan fingerprint density at radius 1 is 1.32 bits per heavy atom. The first-order valence-corrected chi connectivity index (χ1v) is 8.28. The number of hydrogen-bond donors (Lipinski definition) is 1. The van der Waals surface area contributed by atoms with Gasteiger partial charge in [-0.05, 0) is 56.9 Å². The largest absolute Gasteiger partial charge is 0.311 e. The van der Waals surface area contributed by atoms with Crippen molar-refractivity contribution in [2.24, 2.45) is 0 Å². The third-order valence-electron chi connectivity index (χ3n) is 3.92. The number of likely N-dealkylation sites (tertiary alicyclic amines) is 1. The van der Waals surface area contributed by atoms with E-state index in [9.17, 15) is 0 Å². The molecule has 1 aromatic rings. The Balaban J connectivity index is 1.51. The molecule has 4 heteroatoms. The third kappa shape index (κ3) is 5.22. The third-order valence-corrected chi connectivity index (χ3v) is 4.94. The number of nitrogens with zero attached hydrogens (tertiary/aromatic N) is 2. The van der Waals surface area contributed by atoms with Crippen molar-refractivity contribution in [1.29, 1.82) is 0 Å². The number of likely N-dealkylation sites (N-methyl/N-ethyl adjacent to an activating group) is 1. The van der Waals surface area contributed by atoms with Gasteiger partial charge in [-0.25, -0.2) is 0 Å². The Kier molecular flexibility index (Phi) is 6.31. The zero-order valence-corrected chi connectivity index (χ0v) is 13.1. The lowest BCUT2D eigenvalue weighted by Crippen LogP contribution is -2.35. The molecule has 1 N–H and O–H groups in total. The van der Waals surface area contributed by atoms with Crippen molar-refractivity contribution in [1.82, 2.24) is 15.1 Å². The quantitative estimate of drug-likeness (QED) is 0.737. The van der Waals surface area contributed by atoms with E-state index in [0.717, 1.165) is 19.6 Å². The number of thiophene rings is 1. The molecule has 0 bridgehead atoms. The Morgan fingerprint density at radius 3 is 2.79 bits per heavy atom. The minimum absolute atomic E-state index is 1.02. The lowest BCUT2D eigenvalue weighted by Gasteiger charge is -2.21. The van der Waals surface area contributed by atoms with Gasteiger partial charge >= 0.3 is 0 Å². The Bertz CT molecular complexity index is 358. The van der Waals surface area contributed by atoms with Crippen LogP contribution in [0, 0.1) is 6.92 Å². The molecule has 0 unspecified atom stereocenters. The van der Waals surface area contributed by atoms with Crippen molar-refractivity contribution < 1.29 is 0 Å². The van der Waals surface area contributed by atoms with Gasteiger partial charge in [-0.15, -0.1) is 11.3 Å². The van der Waals surface area contributed by atoms with Crippen LogP contribution in [0.1, 0.15) is 23.3 Å². The number of rotatable bonds is 8. The second-order valence-electron chi connectivity index (χ2n) is 5.56. The molecule has 108 valence electrons. The molecule has 0 atom stereocenters. The van der Waals surface area contributed by atoms with Crippen LogP contribution in [0.2, 0.25) is 0 Å². The van der Waals surface area contributed by atoms with Crippen LogP contribution in [0.25, 0.3) is 0 Å². The zero-order chi connectivity index (χ0) is 13.5. The van der Waals surface area contributed by atoms with Crippen LogP contribution in [-0.4, -0.2) is 56.1 Å². The van der Waals surface area contributed by atoms with E-state index in [0.29, 0.717) is 0 Å². The molecule has 1 aromatic heterocycles. The highest BCUT2D eigenvalue weighted by molar-refractivity contribution is 7.10. The molecule has 0 aromatic carbocycles. The van der Waals surface area contributed by atoms with E-state index < -0.39 is 0 Å². The summed E-state index contributed by atoms with van der Waals surface area (Å²) in [5, 5.41) is 5.72. The van der Waals surface area contributed by atoms with Crippen molar-refractivity contribution in [2.45, 2.75) is 26.3 Å². The average molecular weight is 281 g/mol. The lowest BCUT2D eigenvalue weighted by molar-refractivity contribution is 0.257. The lowest BCUT2D eigenvalue weighted by atomic mass is 10.3. The summed E-state index contributed by atoms with van der Waals surface area (Å²) in [6.07, 6.45) is 2.79. The van der Waals surface area contributed by atoms with Crippen LogP contribution in [0.5, 0.6) is 0 Å². The summed E-state index contributed by atoms with van der Waals surface area (Å²) in [5.74, 6) is 0. The van der Waals surface area contributed by atoms with E-state index in [1.165, 1.54) is 49.5 Å². The SMILES string of the molecule is Cc1ccsc1CNCCN(C)CCN1CCCC1. The fourth-order valence-corrected chi connectivity index (χ4v) is 3.36. The smallest absolute Gasteiger partial charge is 0.0302 e. The first-order valence-electron chi connectivity index (χ1n) is 7.40. The fraction of sp³-hybridized carbons (Fsp3) is 0.733. The van der Waals surface area contributed by atoms with Crippen molar-refractivity contribution >= 4 is 11.3 Å². The van der Waals surface area contributed by atoms with Crippen molar-refractivity contribution in [3.8, 4) is 0 Å². The summed E-state index contributed by atoms with van der Waals surface area (Å²) in [6, 6.07) is 2.20. The summed E-state index contributed by atoms with van der Waals surface area (Å²) in [5.41, 5.74) is 1.42. The summed E-state index contributed by atoms with van der Waals surface area (Å²) in [6.45, 7) is 10.5. The zero-order valence-electron chi connectivity index (χ0n) is 12.3. The maximum absolute atomic E-state index is 3.54. The van der Waals surface area contributed by atoms with Crippen molar-refractivity contribution in [2.75, 3.05) is 46.3 Å². The molecule has 1 aliphatic heterocycles. The molecule has 19 heavy (non-hydrogen) atoms. The van der Waals surface area contributed by atoms with Crippen LogP contribution in [-0.2, 0) is 6.54 Å². The highest BCUT2D eigenvalue weighted by atomic mass is 32.1. The molecule has 1 aliphatic rings. The molecule has 3 nitrogen and oxygen atoms in total. The van der Waals surface area contributed by atoms with Gasteiger partial charge in [0.25, 0.3) is 0 Å².